The summed E-state index contributed by atoms with van der Waals surface area (Å²) in [6.07, 6.45) is 15.2. The van der Waals surface area contributed by atoms with Crippen LogP contribution in [0.1, 0.15) is 125 Å². The summed E-state index contributed by atoms with van der Waals surface area (Å²) in [5.74, 6) is 1.64. The van der Waals surface area contributed by atoms with Gasteiger partial charge in [0.1, 0.15) is 0 Å². The monoisotopic (exact) mass is 543 g/mol. The highest BCUT2D eigenvalue weighted by molar-refractivity contribution is 5.81. The van der Waals surface area contributed by atoms with Crippen molar-refractivity contribution in [2.75, 3.05) is 13.2 Å². The van der Waals surface area contributed by atoms with Crippen molar-refractivity contribution in [2.45, 2.75) is 131 Å². The zero-order valence-corrected chi connectivity index (χ0v) is 25.9. The number of likely N-dealkylation sites (tertiary alicyclic amines) is 1. The van der Waals surface area contributed by atoms with Crippen molar-refractivity contribution in [3.05, 3.63) is 12.7 Å². The number of nitrogens with zero attached hydrogens (tertiary/aromatic N) is 1. The van der Waals surface area contributed by atoms with Crippen LogP contribution in [0.5, 0.6) is 0 Å². The van der Waals surface area contributed by atoms with Gasteiger partial charge in [-0.25, -0.2) is 0 Å². The Balaban J connectivity index is 0.00000112. The van der Waals surface area contributed by atoms with E-state index in [1.54, 1.807) is 6.08 Å². The smallest absolute Gasteiger partial charge is 0.303 e. The van der Waals surface area contributed by atoms with Gasteiger partial charge in [-0.3, -0.25) is 9.59 Å². The molecule has 5 aliphatic rings. The van der Waals surface area contributed by atoms with Gasteiger partial charge in [0, 0.05) is 25.1 Å². The summed E-state index contributed by atoms with van der Waals surface area (Å²) < 4.78 is 0. The van der Waals surface area contributed by atoms with Gasteiger partial charge in [-0.05, 0) is 130 Å². The fourth-order valence-electron chi connectivity index (χ4n) is 11.7. The van der Waals surface area contributed by atoms with Gasteiger partial charge in [0.15, 0.2) is 0 Å². The van der Waals surface area contributed by atoms with Crippen LogP contribution in [0.4, 0.5) is 0 Å². The normalized spacial score (nSPS) is 44.3. The van der Waals surface area contributed by atoms with Crippen LogP contribution in [0.15, 0.2) is 12.7 Å². The van der Waals surface area contributed by atoms with Gasteiger partial charge >= 0.3 is 5.97 Å². The van der Waals surface area contributed by atoms with Gasteiger partial charge in [0.25, 0.3) is 0 Å². The Morgan fingerprint density at radius 1 is 0.846 bits per heavy atom. The first kappa shape index (κ1) is 30.6. The van der Waals surface area contributed by atoms with E-state index in [2.05, 4.69) is 46.1 Å². The number of amides is 1. The molecular formula is C34H57NO4. The first-order valence-corrected chi connectivity index (χ1v) is 16.0. The molecule has 0 aromatic rings. The molecule has 0 bridgehead atoms. The van der Waals surface area contributed by atoms with Gasteiger partial charge < -0.3 is 15.1 Å². The van der Waals surface area contributed by atoms with Crippen molar-refractivity contribution in [3.63, 3.8) is 0 Å². The summed E-state index contributed by atoms with van der Waals surface area (Å²) in [6.45, 7) is 18.8. The van der Waals surface area contributed by atoms with Gasteiger partial charge in [-0.1, -0.05) is 33.3 Å². The molecule has 5 nitrogen and oxygen atoms in total. The SMILES string of the molecule is C=CC.CC12CCCN(C(=O)CCC(=O)O)C(C)(C)C1CCC1(C)C2CCC2C3CCCC3(CO)CC[C@]21C. The molecular weight excluding hydrogens is 486 g/mol. The lowest BCUT2D eigenvalue weighted by molar-refractivity contribution is -0.226. The van der Waals surface area contributed by atoms with Crippen LogP contribution in [0.2, 0.25) is 0 Å². The third-order valence-corrected chi connectivity index (χ3v) is 13.6. The van der Waals surface area contributed by atoms with E-state index in [1.807, 2.05) is 6.92 Å². The number of hydrogen-bond acceptors (Lipinski definition) is 3. The minimum atomic E-state index is -0.890. The van der Waals surface area contributed by atoms with Crippen molar-refractivity contribution in [1.82, 2.24) is 4.90 Å². The van der Waals surface area contributed by atoms with Crippen LogP contribution in [-0.4, -0.2) is 45.7 Å². The second-order valence-corrected chi connectivity index (χ2v) is 15.3. The van der Waals surface area contributed by atoms with Crippen LogP contribution in [0, 0.1) is 45.3 Å². The molecule has 4 saturated carbocycles. The molecule has 0 radical (unpaired) electrons. The standard InChI is InChI=1S/C31H51NO4.C3H6/c1-27(2)23-13-16-30(5)24(28(23,3)14-7-19-32(27)25(34)11-12-26(35)36)10-9-21-22-8-6-15-31(22,20-33)18-17-29(21,30)4;1-3-2/h21-24,33H,6-20H2,1-5H3,(H,35,36);3H,1H2,2H3/t21?,22?,23?,24?,28?,29-,30?,31?;/m1./s1. The van der Waals surface area contributed by atoms with Crippen molar-refractivity contribution >= 4 is 11.9 Å². The summed E-state index contributed by atoms with van der Waals surface area (Å²) in [5.41, 5.74) is 0.738. The number of rotatable bonds is 4. The van der Waals surface area contributed by atoms with Crippen LogP contribution < -0.4 is 0 Å². The molecule has 5 heteroatoms. The van der Waals surface area contributed by atoms with E-state index < -0.39 is 5.97 Å². The molecule has 222 valence electrons. The second kappa shape index (κ2) is 10.8. The molecule has 2 N–H and O–H groups in total. The molecule has 1 heterocycles. The number of aliphatic hydroxyl groups excluding tert-OH is 1. The van der Waals surface area contributed by atoms with Crippen molar-refractivity contribution in [2.24, 2.45) is 45.3 Å². The van der Waals surface area contributed by atoms with E-state index in [-0.39, 0.29) is 35.1 Å². The second-order valence-electron chi connectivity index (χ2n) is 15.3. The number of aliphatic carboxylic acids is 1. The number of carboxylic acids is 1. The Kier molecular flexibility index (Phi) is 8.47. The molecule has 5 fully saturated rings. The highest BCUT2D eigenvalue weighted by Crippen LogP contribution is 2.75. The van der Waals surface area contributed by atoms with Crippen LogP contribution in [-0.2, 0) is 9.59 Å². The molecule has 39 heavy (non-hydrogen) atoms. The predicted octanol–water partition coefficient (Wildman–Crippen LogP) is 7.47. The summed E-state index contributed by atoms with van der Waals surface area (Å²) in [6, 6.07) is 0. The Morgan fingerprint density at radius 2 is 1.54 bits per heavy atom. The summed E-state index contributed by atoms with van der Waals surface area (Å²) >= 11 is 0. The molecule has 1 amide bonds. The Morgan fingerprint density at radius 3 is 2.18 bits per heavy atom. The van der Waals surface area contributed by atoms with E-state index in [9.17, 15) is 14.7 Å². The summed E-state index contributed by atoms with van der Waals surface area (Å²) in [5, 5.41) is 19.6. The minimum Gasteiger partial charge on any atom is -0.481 e. The fourth-order valence-corrected chi connectivity index (χ4v) is 11.7. The highest BCUT2D eigenvalue weighted by atomic mass is 16.4. The van der Waals surface area contributed by atoms with Crippen LogP contribution in [0.3, 0.4) is 0 Å². The number of fused-ring (bicyclic) bond motifs is 7. The number of allylic oxidation sites excluding steroid dienone is 1. The quantitative estimate of drug-likeness (QED) is 0.361. The van der Waals surface area contributed by atoms with Gasteiger partial charge in [-0.2, -0.15) is 0 Å². The van der Waals surface area contributed by atoms with E-state index >= 15 is 0 Å². The molecule has 1 aliphatic heterocycles. The average Bonchev–Trinajstić information content (AvgIpc) is 3.26. The molecule has 0 aromatic heterocycles. The third kappa shape index (κ3) is 4.61. The number of hydrogen-bond donors (Lipinski definition) is 2. The number of carboxylic acid groups (broad SMARTS) is 1. The lowest BCUT2D eigenvalue weighted by Gasteiger charge is -2.71. The maximum atomic E-state index is 13.2. The summed E-state index contributed by atoms with van der Waals surface area (Å²) in [7, 11) is 0. The number of carbonyl (C=O) groups excluding carboxylic acids is 1. The predicted molar refractivity (Wildman–Crippen MR) is 157 cm³/mol. The van der Waals surface area contributed by atoms with Crippen molar-refractivity contribution in [3.8, 4) is 0 Å². The largest absolute Gasteiger partial charge is 0.481 e. The zero-order chi connectivity index (χ0) is 28.9. The number of aliphatic hydroxyl groups is 1. The summed E-state index contributed by atoms with van der Waals surface area (Å²) in [4.78, 5) is 26.5. The molecule has 0 aromatic carbocycles. The van der Waals surface area contributed by atoms with Crippen LogP contribution >= 0.6 is 0 Å². The van der Waals surface area contributed by atoms with E-state index in [0.29, 0.717) is 35.2 Å². The lowest BCUT2D eigenvalue weighted by Crippen LogP contribution is -2.66. The van der Waals surface area contributed by atoms with Gasteiger partial charge in [0.2, 0.25) is 5.91 Å². The molecule has 1 saturated heterocycles. The van der Waals surface area contributed by atoms with Gasteiger partial charge in [-0.15, -0.1) is 6.58 Å². The topological polar surface area (TPSA) is 77.8 Å². The van der Waals surface area contributed by atoms with Crippen molar-refractivity contribution in [1.29, 1.82) is 0 Å². The fraction of sp³-hybridized carbons (Fsp3) is 0.882. The Bertz CT molecular complexity index is 945. The molecule has 0 spiro atoms. The highest BCUT2D eigenvalue weighted by Gasteiger charge is 2.69. The van der Waals surface area contributed by atoms with Crippen LogP contribution in [0.25, 0.3) is 0 Å². The first-order valence-electron chi connectivity index (χ1n) is 16.0. The minimum absolute atomic E-state index is 0.0181. The van der Waals surface area contributed by atoms with Crippen molar-refractivity contribution < 1.29 is 19.8 Å². The third-order valence-electron chi connectivity index (χ3n) is 13.6. The van der Waals surface area contributed by atoms with E-state index in [4.69, 9.17) is 5.11 Å². The maximum Gasteiger partial charge on any atom is 0.303 e. The number of carbonyl (C=O) groups is 2. The molecule has 8 atom stereocenters. The van der Waals surface area contributed by atoms with E-state index in [1.165, 1.54) is 51.4 Å². The van der Waals surface area contributed by atoms with Gasteiger partial charge in [0.05, 0.1) is 6.42 Å². The Labute approximate surface area is 238 Å². The molecule has 5 rings (SSSR count). The first-order chi connectivity index (χ1) is 18.3. The average molecular weight is 544 g/mol. The zero-order valence-electron chi connectivity index (χ0n) is 25.9. The Hall–Kier alpha value is -1.36. The molecule has 4 aliphatic carbocycles. The maximum absolute atomic E-state index is 13.2. The molecule has 7 unspecified atom stereocenters. The van der Waals surface area contributed by atoms with E-state index in [0.717, 1.165) is 31.7 Å². The lowest BCUT2D eigenvalue weighted by atomic mass is 9.34.